The van der Waals surface area contributed by atoms with Gasteiger partial charge in [-0.25, -0.2) is 0 Å². The fourth-order valence-electron chi connectivity index (χ4n) is 1.31. The van der Waals surface area contributed by atoms with Gasteiger partial charge in [0.1, 0.15) is 5.75 Å². The van der Waals surface area contributed by atoms with Gasteiger partial charge in [0, 0.05) is 6.61 Å². The van der Waals surface area contributed by atoms with Crippen LogP contribution in [0, 0.1) is 0 Å². The SMILES string of the molecule is COc1ccc(COCCCOS(=O)(=O)C(F)(F)F)cc1. The van der Waals surface area contributed by atoms with E-state index in [2.05, 4.69) is 4.18 Å². The molecule has 1 aromatic rings. The van der Waals surface area contributed by atoms with E-state index in [0.717, 1.165) is 5.56 Å². The molecule has 0 amide bonds. The van der Waals surface area contributed by atoms with Gasteiger partial charge in [0.25, 0.3) is 0 Å². The number of benzene rings is 1. The Bertz CT molecular complexity index is 525. The maximum Gasteiger partial charge on any atom is 0.523 e. The second kappa shape index (κ2) is 7.62. The van der Waals surface area contributed by atoms with Crippen LogP contribution in [0.3, 0.4) is 0 Å². The highest BCUT2D eigenvalue weighted by molar-refractivity contribution is 7.87. The minimum atomic E-state index is -5.51. The summed E-state index contributed by atoms with van der Waals surface area (Å²) >= 11 is 0. The molecule has 0 aliphatic heterocycles. The lowest BCUT2D eigenvalue weighted by molar-refractivity contribution is -0.0546. The van der Waals surface area contributed by atoms with Crippen molar-refractivity contribution in [2.75, 3.05) is 20.3 Å². The lowest BCUT2D eigenvalue weighted by Gasteiger charge is -2.08. The van der Waals surface area contributed by atoms with Crippen molar-refractivity contribution in [2.45, 2.75) is 18.5 Å². The van der Waals surface area contributed by atoms with Crippen LogP contribution >= 0.6 is 0 Å². The molecule has 0 unspecified atom stereocenters. The van der Waals surface area contributed by atoms with Crippen molar-refractivity contribution in [1.82, 2.24) is 0 Å². The molecular formula is C12H15F3O5S. The van der Waals surface area contributed by atoms with E-state index in [1.54, 1.807) is 31.4 Å². The first-order valence-electron chi connectivity index (χ1n) is 5.92. The first kappa shape index (κ1) is 17.7. The van der Waals surface area contributed by atoms with Crippen molar-refractivity contribution in [2.24, 2.45) is 0 Å². The summed E-state index contributed by atoms with van der Waals surface area (Å²) in [7, 11) is -3.97. The molecule has 9 heteroatoms. The summed E-state index contributed by atoms with van der Waals surface area (Å²) in [6, 6.07) is 7.06. The monoisotopic (exact) mass is 328 g/mol. The van der Waals surface area contributed by atoms with Crippen LogP contribution in [0.15, 0.2) is 24.3 Å². The lowest BCUT2D eigenvalue weighted by atomic mass is 10.2. The van der Waals surface area contributed by atoms with E-state index in [1.165, 1.54) is 0 Å². The highest BCUT2D eigenvalue weighted by Gasteiger charge is 2.47. The molecule has 0 N–H and O–H groups in total. The first-order chi connectivity index (χ1) is 9.76. The Morgan fingerprint density at radius 2 is 1.71 bits per heavy atom. The van der Waals surface area contributed by atoms with Gasteiger partial charge in [-0.3, -0.25) is 4.18 Å². The van der Waals surface area contributed by atoms with Gasteiger partial charge < -0.3 is 9.47 Å². The third kappa shape index (κ3) is 5.90. The molecule has 0 bridgehead atoms. The fraction of sp³-hybridized carbons (Fsp3) is 0.500. The molecule has 21 heavy (non-hydrogen) atoms. The van der Waals surface area contributed by atoms with E-state index in [-0.39, 0.29) is 19.6 Å². The standard InChI is InChI=1S/C12H15F3O5S/c1-18-11-5-3-10(4-6-11)9-19-7-2-8-20-21(16,17)12(13,14)15/h3-6H,2,7-9H2,1H3. The zero-order valence-electron chi connectivity index (χ0n) is 11.2. The van der Waals surface area contributed by atoms with E-state index in [1.807, 2.05) is 0 Å². The van der Waals surface area contributed by atoms with Crippen LogP contribution in [0.25, 0.3) is 0 Å². The van der Waals surface area contributed by atoms with Gasteiger partial charge in [-0.1, -0.05) is 12.1 Å². The van der Waals surface area contributed by atoms with Crippen LogP contribution in [0.5, 0.6) is 5.75 Å². The first-order valence-corrected chi connectivity index (χ1v) is 7.33. The van der Waals surface area contributed by atoms with Crippen molar-refractivity contribution < 1.29 is 35.2 Å². The summed E-state index contributed by atoms with van der Waals surface area (Å²) in [5.41, 5.74) is -4.53. The summed E-state index contributed by atoms with van der Waals surface area (Å²) in [5, 5.41) is 0. The molecule has 120 valence electrons. The Kier molecular flexibility index (Phi) is 6.43. The van der Waals surface area contributed by atoms with E-state index in [4.69, 9.17) is 9.47 Å². The molecule has 0 saturated carbocycles. The normalized spacial score (nSPS) is 12.4. The molecule has 0 radical (unpaired) electrons. The predicted molar refractivity (Wildman–Crippen MR) is 68.2 cm³/mol. The largest absolute Gasteiger partial charge is 0.523 e. The summed E-state index contributed by atoms with van der Waals surface area (Å²) < 4.78 is 70.9. The predicted octanol–water partition coefficient (Wildman–Crippen LogP) is 2.47. The third-order valence-electron chi connectivity index (χ3n) is 2.38. The van der Waals surface area contributed by atoms with Gasteiger partial charge in [-0.2, -0.15) is 21.6 Å². The van der Waals surface area contributed by atoms with Crippen LogP contribution < -0.4 is 4.74 Å². The molecule has 0 saturated heterocycles. The van der Waals surface area contributed by atoms with E-state index < -0.39 is 22.2 Å². The van der Waals surface area contributed by atoms with Crippen LogP contribution in [0.2, 0.25) is 0 Å². The quantitative estimate of drug-likeness (QED) is 0.417. The summed E-state index contributed by atoms with van der Waals surface area (Å²) in [6.45, 7) is -0.236. The zero-order chi connectivity index (χ0) is 15.9. The molecule has 0 spiro atoms. The third-order valence-corrected chi connectivity index (χ3v) is 3.43. The topological polar surface area (TPSA) is 61.8 Å². The second-order valence-corrected chi connectivity index (χ2v) is 5.58. The maximum absolute atomic E-state index is 11.9. The Hall–Kier alpha value is -1.32. The van der Waals surface area contributed by atoms with Crippen molar-refractivity contribution in [1.29, 1.82) is 0 Å². The molecule has 1 rings (SSSR count). The highest BCUT2D eigenvalue weighted by Crippen LogP contribution is 2.24. The fourth-order valence-corrected chi connectivity index (χ4v) is 1.78. The highest BCUT2D eigenvalue weighted by atomic mass is 32.2. The average Bonchev–Trinajstić information content (AvgIpc) is 2.42. The number of hydrogen-bond acceptors (Lipinski definition) is 5. The number of ether oxygens (including phenoxy) is 2. The Morgan fingerprint density at radius 1 is 1.10 bits per heavy atom. The molecule has 5 nitrogen and oxygen atoms in total. The number of hydrogen-bond donors (Lipinski definition) is 0. The average molecular weight is 328 g/mol. The minimum absolute atomic E-state index is 0.0332. The van der Waals surface area contributed by atoms with Crippen molar-refractivity contribution in [3.05, 3.63) is 29.8 Å². The summed E-state index contributed by atoms with van der Waals surface area (Å²) in [4.78, 5) is 0. The van der Waals surface area contributed by atoms with Gasteiger partial charge in [-0.05, 0) is 24.1 Å². The Morgan fingerprint density at radius 3 is 2.24 bits per heavy atom. The van der Waals surface area contributed by atoms with Crippen LogP contribution in [-0.2, 0) is 25.6 Å². The summed E-state index contributed by atoms with van der Waals surface area (Å²) in [6.07, 6.45) is 0.0332. The second-order valence-electron chi connectivity index (χ2n) is 3.98. The summed E-state index contributed by atoms with van der Waals surface area (Å²) in [5.74, 6) is 0.699. The Balaban J connectivity index is 2.20. The molecule has 0 aliphatic carbocycles. The van der Waals surface area contributed by atoms with Crippen molar-refractivity contribution in [3.8, 4) is 5.75 Å². The molecular weight excluding hydrogens is 313 g/mol. The maximum atomic E-state index is 11.9. The molecule has 0 aliphatic rings. The molecule has 1 aromatic carbocycles. The van der Waals surface area contributed by atoms with Gasteiger partial charge in [-0.15, -0.1) is 0 Å². The molecule has 0 atom stereocenters. The van der Waals surface area contributed by atoms with Crippen LogP contribution in [-0.4, -0.2) is 34.2 Å². The number of rotatable bonds is 8. The lowest BCUT2D eigenvalue weighted by Crippen LogP contribution is -2.26. The number of halogens is 3. The van der Waals surface area contributed by atoms with Gasteiger partial charge >= 0.3 is 15.6 Å². The van der Waals surface area contributed by atoms with Gasteiger partial charge in [0.2, 0.25) is 0 Å². The Labute approximate surface area is 120 Å². The van der Waals surface area contributed by atoms with Crippen molar-refractivity contribution in [3.63, 3.8) is 0 Å². The molecule has 0 fully saturated rings. The number of methoxy groups -OCH3 is 1. The van der Waals surface area contributed by atoms with Crippen LogP contribution in [0.4, 0.5) is 13.2 Å². The van der Waals surface area contributed by atoms with Crippen molar-refractivity contribution >= 4 is 10.1 Å². The van der Waals surface area contributed by atoms with E-state index in [0.29, 0.717) is 5.75 Å². The van der Waals surface area contributed by atoms with Crippen LogP contribution in [0.1, 0.15) is 12.0 Å². The minimum Gasteiger partial charge on any atom is -0.497 e. The van der Waals surface area contributed by atoms with Gasteiger partial charge in [0.05, 0.1) is 20.3 Å². The molecule has 0 heterocycles. The van der Waals surface area contributed by atoms with E-state index in [9.17, 15) is 21.6 Å². The number of alkyl halides is 3. The molecule has 0 aromatic heterocycles. The zero-order valence-corrected chi connectivity index (χ0v) is 12.0. The smallest absolute Gasteiger partial charge is 0.497 e. The van der Waals surface area contributed by atoms with E-state index >= 15 is 0 Å². The van der Waals surface area contributed by atoms with Gasteiger partial charge in [0.15, 0.2) is 0 Å².